The minimum atomic E-state index is -0.363. The van der Waals surface area contributed by atoms with E-state index in [1.807, 2.05) is 42.2 Å². The molecular formula is C19H24N4O4. The Morgan fingerprint density at radius 2 is 2.11 bits per heavy atom. The summed E-state index contributed by atoms with van der Waals surface area (Å²) in [6, 6.07) is 8.78. The van der Waals surface area contributed by atoms with Gasteiger partial charge in [-0.15, -0.1) is 0 Å². The van der Waals surface area contributed by atoms with Gasteiger partial charge in [0.25, 0.3) is 5.91 Å². The number of nitrogens with one attached hydrogen (secondary N) is 2. The molecule has 2 aromatic rings. The lowest BCUT2D eigenvalue weighted by atomic mass is 10.1. The largest absolute Gasteiger partial charge is 0.395 e. The van der Waals surface area contributed by atoms with E-state index in [1.54, 1.807) is 0 Å². The zero-order chi connectivity index (χ0) is 19.2. The Morgan fingerprint density at radius 3 is 2.81 bits per heavy atom. The van der Waals surface area contributed by atoms with Crippen LogP contribution in [0.25, 0.3) is 11.3 Å². The van der Waals surface area contributed by atoms with Crippen molar-refractivity contribution < 1.29 is 19.2 Å². The van der Waals surface area contributed by atoms with Gasteiger partial charge in [0, 0.05) is 31.2 Å². The maximum Gasteiger partial charge on any atom is 0.257 e. The molecule has 1 aliphatic rings. The minimum absolute atomic E-state index is 0.0413. The van der Waals surface area contributed by atoms with Gasteiger partial charge < -0.3 is 20.3 Å². The molecule has 2 atom stereocenters. The van der Waals surface area contributed by atoms with Crippen molar-refractivity contribution in [1.29, 1.82) is 0 Å². The lowest BCUT2D eigenvalue weighted by Crippen LogP contribution is -2.44. The maximum atomic E-state index is 12.7. The standard InChI is InChI=1S/C19H24N4O4/c1-2-20-19(26)16-10-14(11-23(16)8-9-24)21-18(25)15-12-27-22-17(15)13-6-4-3-5-7-13/h3-7,12,14,16,24H,2,8-11H2,1H3,(H,20,26)(H,21,25)/t14-,16-/m0/s1. The average molecular weight is 372 g/mol. The van der Waals surface area contributed by atoms with Crippen molar-refractivity contribution in [2.24, 2.45) is 0 Å². The highest BCUT2D eigenvalue weighted by Crippen LogP contribution is 2.23. The van der Waals surface area contributed by atoms with Gasteiger partial charge in [0.2, 0.25) is 5.91 Å². The number of nitrogens with zero attached hydrogens (tertiary/aromatic N) is 2. The van der Waals surface area contributed by atoms with Crippen molar-refractivity contribution >= 4 is 11.8 Å². The molecule has 0 saturated carbocycles. The van der Waals surface area contributed by atoms with Crippen molar-refractivity contribution in [3.8, 4) is 11.3 Å². The highest BCUT2D eigenvalue weighted by molar-refractivity contribution is 5.99. The van der Waals surface area contributed by atoms with Crippen molar-refractivity contribution in [3.63, 3.8) is 0 Å². The third kappa shape index (κ3) is 4.35. The molecule has 0 aliphatic carbocycles. The van der Waals surface area contributed by atoms with Crippen molar-refractivity contribution in [3.05, 3.63) is 42.2 Å². The smallest absolute Gasteiger partial charge is 0.257 e. The Balaban J connectivity index is 1.70. The van der Waals surface area contributed by atoms with E-state index in [4.69, 9.17) is 4.52 Å². The van der Waals surface area contributed by atoms with E-state index in [0.29, 0.717) is 37.3 Å². The molecule has 144 valence electrons. The second kappa shape index (κ2) is 8.79. The fraction of sp³-hybridized carbons (Fsp3) is 0.421. The Kier molecular flexibility index (Phi) is 6.20. The van der Waals surface area contributed by atoms with Crippen LogP contribution < -0.4 is 10.6 Å². The molecule has 3 rings (SSSR count). The molecule has 8 nitrogen and oxygen atoms in total. The summed E-state index contributed by atoms with van der Waals surface area (Å²) in [6.07, 6.45) is 1.82. The Bertz CT molecular complexity index is 777. The minimum Gasteiger partial charge on any atom is -0.395 e. The van der Waals surface area contributed by atoms with Gasteiger partial charge in [0.1, 0.15) is 17.5 Å². The summed E-state index contributed by atoms with van der Waals surface area (Å²) in [6.45, 7) is 3.25. The highest BCUT2D eigenvalue weighted by Gasteiger charge is 2.37. The highest BCUT2D eigenvalue weighted by atomic mass is 16.5. The van der Waals surface area contributed by atoms with Crippen LogP contribution in [0.5, 0.6) is 0 Å². The fourth-order valence-electron chi connectivity index (χ4n) is 3.41. The van der Waals surface area contributed by atoms with Gasteiger partial charge in [-0.05, 0) is 13.3 Å². The molecule has 0 unspecified atom stereocenters. The van der Waals surface area contributed by atoms with Crippen LogP contribution >= 0.6 is 0 Å². The number of likely N-dealkylation sites (N-methyl/N-ethyl adjacent to an activating group) is 1. The molecular weight excluding hydrogens is 348 g/mol. The molecule has 1 aliphatic heterocycles. The molecule has 0 radical (unpaired) electrons. The molecule has 1 aromatic carbocycles. The molecule has 1 saturated heterocycles. The summed E-state index contributed by atoms with van der Waals surface area (Å²) in [5, 5.41) is 19.0. The van der Waals surface area contributed by atoms with E-state index in [2.05, 4.69) is 15.8 Å². The topological polar surface area (TPSA) is 108 Å². The third-order valence-electron chi connectivity index (χ3n) is 4.64. The van der Waals surface area contributed by atoms with Crippen molar-refractivity contribution in [2.45, 2.75) is 25.4 Å². The van der Waals surface area contributed by atoms with Crippen molar-refractivity contribution in [1.82, 2.24) is 20.7 Å². The van der Waals surface area contributed by atoms with E-state index >= 15 is 0 Å². The molecule has 8 heteroatoms. The first-order chi connectivity index (χ1) is 13.1. The number of rotatable bonds is 7. The summed E-state index contributed by atoms with van der Waals surface area (Å²) in [5.41, 5.74) is 1.64. The van der Waals surface area contributed by atoms with Crippen LogP contribution in [0.15, 0.2) is 41.1 Å². The Labute approximate surface area is 157 Å². The van der Waals surface area contributed by atoms with Gasteiger partial charge in [-0.25, -0.2) is 0 Å². The lowest BCUT2D eigenvalue weighted by molar-refractivity contribution is -0.125. The summed E-state index contributed by atoms with van der Waals surface area (Å²) in [5.74, 6) is -0.377. The van der Waals surface area contributed by atoms with Crippen LogP contribution in [0.3, 0.4) is 0 Å². The number of carbonyl (C=O) groups excluding carboxylic acids is 2. The van der Waals surface area contributed by atoms with Crippen LogP contribution in [-0.4, -0.2) is 65.3 Å². The monoisotopic (exact) mass is 372 g/mol. The average Bonchev–Trinajstić information content (AvgIpc) is 3.30. The van der Waals surface area contributed by atoms with E-state index in [1.165, 1.54) is 6.26 Å². The quantitative estimate of drug-likeness (QED) is 0.658. The molecule has 1 fully saturated rings. The van der Waals surface area contributed by atoms with E-state index in [0.717, 1.165) is 5.56 Å². The second-order valence-electron chi connectivity index (χ2n) is 6.48. The zero-order valence-corrected chi connectivity index (χ0v) is 15.2. The van der Waals surface area contributed by atoms with Gasteiger partial charge in [-0.1, -0.05) is 35.5 Å². The maximum absolute atomic E-state index is 12.7. The van der Waals surface area contributed by atoms with Gasteiger partial charge in [-0.2, -0.15) is 0 Å². The van der Waals surface area contributed by atoms with Gasteiger partial charge in [0.15, 0.2) is 0 Å². The van der Waals surface area contributed by atoms with Crippen LogP contribution in [0, 0.1) is 0 Å². The number of likely N-dealkylation sites (tertiary alicyclic amines) is 1. The number of carbonyl (C=O) groups is 2. The number of amides is 2. The Hall–Kier alpha value is -2.71. The first-order valence-corrected chi connectivity index (χ1v) is 9.07. The molecule has 2 amide bonds. The molecule has 2 heterocycles. The van der Waals surface area contributed by atoms with Crippen LogP contribution in [-0.2, 0) is 4.79 Å². The second-order valence-corrected chi connectivity index (χ2v) is 6.48. The normalized spacial score (nSPS) is 19.8. The molecule has 0 spiro atoms. The number of aromatic nitrogens is 1. The van der Waals surface area contributed by atoms with Gasteiger partial charge in [0.05, 0.1) is 12.6 Å². The summed E-state index contributed by atoms with van der Waals surface area (Å²) < 4.78 is 5.02. The molecule has 1 aromatic heterocycles. The summed E-state index contributed by atoms with van der Waals surface area (Å²) >= 11 is 0. The number of hydrogen-bond donors (Lipinski definition) is 3. The molecule has 3 N–H and O–H groups in total. The van der Waals surface area contributed by atoms with E-state index < -0.39 is 0 Å². The number of aliphatic hydroxyl groups is 1. The molecule has 27 heavy (non-hydrogen) atoms. The SMILES string of the molecule is CCNC(=O)[C@@H]1C[C@H](NC(=O)c2conc2-c2ccccc2)CN1CCO. The third-order valence-corrected chi connectivity index (χ3v) is 4.64. The number of aliphatic hydroxyl groups excluding tert-OH is 1. The molecule has 0 bridgehead atoms. The summed E-state index contributed by atoms with van der Waals surface area (Å²) in [7, 11) is 0. The van der Waals surface area contributed by atoms with E-state index in [9.17, 15) is 14.7 Å². The van der Waals surface area contributed by atoms with Crippen LogP contribution in [0.1, 0.15) is 23.7 Å². The first-order valence-electron chi connectivity index (χ1n) is 9.07. The van der Waals surface area contributed by atoms with Crippen molar-refractivity contribution in [2.75, 3.05) is 26.2 Å². The number of hydrogen-bond acceptors (Lipinski definition) is 6. The van der Waals surface area contributed by atoms with Crippen LogP contribution in [0.4, 0.5) is 0 Å². The fourth-order valence-corrected chi connectivity index (χ4v) is 3.41. The first kappa shape index (κ1) is 19.1. The summed E-state index contributed by atoms with van der Waals surface area (Å²) in [4.78, 5) is 26.9. The van der Waals surface area contributed by atoms with Crippen LogP contribution in [0.2, 0.25) is 0 Å². The zero-order valence-electron chi connectivity index (χ0n) is 15.2. The predicted molar refractivity (Wildman–Crippen MR) is 98.9 cm³/mol. The number of benzene rings is 1. The van der Waals surface area contributed by atoms with Gasteiger partial charge in [-0.3, -0.25) is 14.5 Å². The predicted octanol–water partition coefficient (Wildman–Crippen LogP) is 0.643. The van der Waals surface area contributed by atoms with E-state index in [-0.39, 0.29) is 30.5 Å². The van der Waals surface area contributed by atoms with Gasteiger partial charge >= 0.3 is 0 Å². The Morgan fingerprint density at radius 1 is 1.33 bits per heavy atom. The number of β-amino-alcohol motifs (C(OH)–C–C–N with tert-alkyl or cyclic N) is 1. The lowest BCUT2D eigenvalue weighted by Gasteiger charge is -2.21.